The molecule has 0 unspecified atom stereocenters. The molecule has 0 aliphatic rings. The molecule has 0 aliphatic carbocycles. The Morgan fingerprint density at radius 3 is 2.42 bits per heavy atom. The number of nitrogens with one attached hydrogen (secondary N) is 1. The Morgan fingerprint density at radius 2 is 1.77 bits per heavy atom. The first-order chi connectivity index (χ1) is 12.4. The van der Waals surface area contributed by atoms with Crippen molar-refractivity contribution >= 4 is 29.3 Å². The van der Waals surface area contributed by atoms with Crippen LogP contribution in [-0.2, 0) is 22.4 Å². The summed E-state index contributed by atoms with van der Waals surface area (Å²) in [6.45, 7) is 7.31. The second kappa shape index (κ2) is 10.0. The lowest BCUT2D eigenvalue weighted by molar-refractivity contribution is -0.120. The molecule has 0 fully saturated rings. The molecule has 0 saturated carbocycles. The number of benzene rings is 2. The van der Waals surface area contributed by atoms with Crippen molar-refractivity contribution in [3.63, 3.8) is 0 Å². The minimum absolute atomic E-state index is 0.114. The Morgan fingerprint density at radius 1 is 1.08 bits per heavy atom. The van der Waals surface area contributed by atoms with Crippen LogP contribution in [0.25, 0.3) is 0 Å². The number of aryl methyl sites for hydroxylation is 1. The molecule has 0 saturated heterocycles. The zero-order valence-corrected chi connectivity index (χ0v) is 17.4. The quantitative estimate of drug-likeness (QED) is 0.593. The van der Waals surface area contributed by atoms with Gasteiger partial charge < -0.3 is 5.32 Å². The van der Waals surface area contributed by atoms with Crippen LogP contribution in [0.3, 0.4) is 0 Å². The first kappa shape index (κ1) is 20.9. The molecule has 0 spiro atoms. The second-order valence-electron chi connectivity index (χ2n) is 7.44. The summed E-state index contributed by atoms with van der Waals surface area (Å²) in [6, 6.07) is 16.5. The second-order valence-corrected chi connectivity index (χ2v) is 8.95. The molecule has 2 rings (SSSR count). The molecule has 0 aromatic heterocycles. The SMILES string of the molecule is CC(C)(C)c1ccc(CCC(=O)NCCSCc2ccccc2Cl)cc1. The normalized spacial score (nSPS) is 11.4. The van der Waals surface area contributed by atoms with Crippen LogP contribution in [0.5, 0.6) is 0 Å². The maximum atomic E-state index is 12.0. The van der Waals surface area contributed by atoms with Crippen molar-refractivity contribution in [3.05, 3.63) is 70.2 Å². The summed E-state index contributed by atoms with van der Waals surface area (Å²) in [5, 5.41) is 3.80. The van der Waals surface area contributed by atoms with E-state index in [0.29, 0.717) is 13.0 Å². The van der Waals surface area contributed by atoms with E-state index in [4.69, 9.17) is 11.6 Å². The third kappa shape index (κ3) is 7.05. The fourth-order valence-corrected chi connectivity index (χ4v) is 3.72. The largest absolute Gasteiger partial charge is 0.355 e. The predicted molar refractivity (Wildman–Crippen MR) is 114 cm³/mol. The number of carbonyl (C=O) groups excluding carboxylic acids is 1. The molecule has 0 radical (unpaired) electrons. The smallest absolute Gasteiger partial charge is 0.220 e. The molecule has 1 amide bonds. The number of carbonyl (C=O) groups is 1. The van der Waals surface area contributed by atoms with Crippen LogP contribution in [0.15, 0.2) is 48.5 Å². The fourth-order valence-electron chi connectivity index (χ4n) is 2.58. The van der Waals surface area contributed by atoms with E-state index >= 15 is 0 Å². The molecule has 4 heteroatoms. The maximum absolute atomic E-state index is 12.0. The van der Waals surface area contributed by atoms with Crippen molar-refractivity contribution < 1.29 is 4.79 Å². The van der Waals surface area contributed by atoms with Gasteiger partial charge >= 0.3 is 0 Å². The molecule has 2 aromatic rings. The topological polar surface area (TPSA) is 29.1 Å². The number of hydrogen-bond donors (Lipinski definition) is 1. The number of thioether (sulfide) groups is 1. The third-order valence-electron chi connectivity index (χ3n) is 4.24. The summed E-state index contributed by atoms with van der Waals surface area (Å²) in [7, 11) is 0. The lowest BCUT2D eigenvalue weighted by atomic mass is 9.86. The van der Waals surface area contributed by atoms with E-state index in [1.165, 1.54) is 11.1 Å². The van der Waals surface area contributed by atoms with Crippen LogP contribution in [0, 0.1) is 0 Å². The van der Waals surface area contributed by atoms with E-state index in [2.05, 4.69) is 50.4 Å². The van der Waals surface area contributed by atoms with E-state index < -0.39 is 0 Å². The first-order valence-corrected chi connectivity index (χ1v) is 10.6. The molecule has 1 N–H and O–H groups in total. The van der Waals surface area contributed by atoms with Gasteiger partial charge in [0.1, 0.15) is 0 Å². The summed E-state index contributed by atoms with van der Waals surface area (Å²) in [6.07, 6.45) is 1.31. The molecule has 0 aliphatic heterocycles. The van der Waals surface area contributed by atoms with Gasteiger partial charge in [0.15, 0.2) is 0 Å². The van der Waals surface area contributed by atoms with Gasteiger partial charge in [0.25, 0.3) is 0 Å². The minimum Gasteiger partial charge on any atom is -0.355 e. The minimum atomic E-state index is 0.114. The van der Waals surface area contributed by atoms with E-state index in [-0.39, 0.29) is 11.3 Å². The summed E-state index contributed by atoms with van der Waals surface area (Å²) in [4.78, 5) is 12.0. The summed E-state index contributed by atoms with van der Waals surface area (Å²) in [5.41, 5.74) is 3.84. The van der Waals surface area contributed by atoms with E-state index in [1.807, 2.05) is 24.3 Å². The van der Waals surface area contributed by atoms with Gasteiger partial charge in [-0.05, 0) is 34.6 Å². The number of amides is 1. The summed E-state index contributed by atoms with van der Waals surface area (Å²) < 4.78 is 0. The Kier molecular flexibility index (Phi) is 8.05. The highest BCUT2D eigenvalue weighted by Gasteiger charge is 2.12. The van der Waals surface area contributed by atoms with Gasteiger partial charge in [-0.1, -0.05) is 74.8 Å². The zero-order chi connectivity index (χ0) is 19.0. The number of rotatable bonds is 8. The number of hydrogen-bond acceptors (Lipinski definition) is 2. The summed E-state index contributed by atoms with van der Waals surface area (Å²) >= 11 is 7.92. The highest BCUT2D eigenvalue weighted by Crippen LogP contribution is 2.22. The Labute approximate surface area is 166 Å². The van der Waals surface area contributed by atoms with E-state index in [0.717, 1.165) is 28.5 Å². The summed E-state index contributed by atoms with van der Waals surface area (Å²) in [5.74, 6) is 1.87. The van der Waals surface area contributed by atoms with Gasteiger partial charge in [0.05, 0.1) is 0 Å². The predicted octanol–water partition coefficient (Wildman–Crippen LogP) is 5.62. The number of halogens is 1. The molecular weight excluding hydrogens is 362 g/mol. The fraction of sp³-hybridized carbons (Fsp3) is 0.409. The Balaban J connectivity index is 1.62. The van der Waals surface area contributed by atoms with Crippen LogP contribution >= 0.6 is 23.4 Å². The highest BCUT2D eigenvalue weighted by molar-refractivity contribution is 7.98. The Hall–Kier alpha value is -1.45. The average Bonchev–Trinajstić information content (AvgIpc) is 2.61. The Bertz CT molecular complexity index is 707. The third-order valence-corrected chi connectivity index (χ3v) is 5.62. The van der Waals surface area contributed by atoms with Gasteiger partial charge in [-0.3, -0.25) is 4.79 Å². The molecule has 0 atom stereocenters. The molecule has 140 valence electrons. The van der Waals surface area contributed by atoms with Crippen molar-refractivity contribution in [3.8, 4) is 0 Å². The molecular formula is C22H28ClNOS. The van der Waals surface area contributed by atoms with Crippen LogP contribution in [0.1, 0.15) is 43.9 Å². The van der Waals surface area contributed by atoms with Crippen molar-refractivity contribution in [1.82, 2.24) is 5.32 Å². The van der Waals surface area contributed by atoms with Gasteiger partial charge in [0.2, 0.25) is 5.91 Å². The van der Waals surface area contributed by atoms with Gasteiger partial charge in [-0.15, -0.1) is 0 Å². The van der Waals surface area contributed by atoms with Crippen LogP contribution < -0.4 is 5.32 Å². The highest BCUT2D eigenvalue weighted by atomic mass is 35.5. The van der Waals surface area contributed by atoms with Gasteiger partial charge in [-0.25, -0.2) is 0 Å². The van der Waals surface area contributed by atoms with E-state index in [1.54, 1.807) is 11.8 Å². The average molecular weight is 390 g/mol. The van der Waals surface area contributed by atoms with Crippen molar-refractivity contribution in [2.75, 3.05) is 12.3 Å². The standard InChI is InChI=1S/C22H28ClNOS/c1-22(2,3)19-11-8-17(9-12-19)10-13-21(25)24-14-15-26-16-18-6-4-5-7-20(18)23/h4-9,11-12H,10,13-16H2,1-3H3,(H,24,25). The van der Waals surface area contributed by atoms with Crippen molar-refractivity contribution in [2.24, 2.45) is 0 Å². The molecule has 26 heavy (non-hydrogen) atoms. The molecule has 2 aromatic carbocycles. The van der Waals surface area contributed by atoms with Crippen LogP contribution in [0.4, 0.5) is 0 Å². The zero-order valence-electron chi connectivity index (χ0n) is 15.8. The van der Waals surface area contributed by atoms with Crippen molar-refractivity contribution in [1.29, 1.82) is 0 Å². The van der Waals surface area contributed by atoms with Crippen LogP contribution in [-0.4, -0.2) is 18.2 Å². The van der Waals surface area contributed by atoms with Crippen LogP contribution in [0.2, 0.25) is 5.02 Å². The molecule has 0 bridgehead atoms. The molecule has 2 nitrogen and oxygen atoms in total. The lowest BCUT2D eigenvalue weighted by Crippen LogP contribution is -2.25. The monoisotopic (exact) mass is 389 g/mol. The first-order valence-electron chi connectivity index (χ1n) is 9.03. The molecule has 0 heterocycles. The van der Waals surface area contributed by atoms with Crippen molar-refractivity contribution in [2.45, 2.75) is 44.8 Å². The van der Waals surface area contributed by atoms with Gasteiger partial charge in [0, 0.05) is 29.5 Å². The maximum Gasteiger partial charge on any atom is 0.220 e. The van der Waals surface area contributed by atoms with E-state index in [9.17, 15) is 4.79 Å². The lowest BCUT2D eigenvalue weighted by Gasteiger charge is -2.19. The van der Waals surface area contributed by atoms with Gasteiger partial charge in [-0.2, -0.15) is 11.8 Å².